The van der Waals surface area contributed by atoms with E-state index in [1.807, 2.05) is 6.07 Å². The van der Waals surface area contributed by atoms with Crippen LogP contribution >= 0.6 is 15.9 Å². The molecule has 1 aliphatic rings. The molecule has 1 fully saturated rings. The SMILES string of the molecule is CCC1(C(N)Cc2ccc(F)cc2Br)CCCC1. The van der Waals surface area contributed by atoms with Gasteiger partial charge < -0.3 is 5.73 Å². The Bertz CT molecular complexity index is 413. The maximum atomic E-state index is 13.1. The van der Waals surface area contributed by atoms with E-state index in [-0.39, 0.29) is 11.9 Å². The summed E-state index contributed by atoms with van der Waals surface area (Å²) in [6.45, 7) is 2.24. The summed E-state index contributed by atoms with van der Waals surface area (Å²) in [4.78, 5) is 0. The fraction of sp³-hybridized carbons (Fsp3) is 0.600. The normalized spacial score (nSPS) is 20.0. The molecule has 2 rings (SSSR count). The second-order valence-electron chi connectivity index (χ2n) is 5.47. The molecule has 0 spiro atoms. The van der Waals surface area contributed by atoms with Crippen LogP contribution in [-0.2, 0) is 6.42 Å². The second kappa shape index (κ2) is 5.70. The smallest absolute Gasteiger partial charge is 0.124 e. The Morgan fingerprint density at radius 1 is 1.39 bits per heavy atom. The van der Waals surface area contributed by atoms with E-state index in [1.165, 1.54) is 37.8 Å². The summed E-state index contributed by atoms with van der Waals surface area (Å²) in [5.74, 6) is -0.203. The molecule has 0 aliphatic heterocycles. The van der Waals surface area contributed by atoms with Crippen molar-refractivity contribution in [1.82, 2.24) is 0 Å². The molecule has 1 aromatic carbocycles. The van der Waals surface area contributed by atoms with Gasteiger partial charge in [0.1, 0.15) is 5.82 Å². The summed E-state index contributed by atoms with van der Waals surface area (Å²) in [5, 5.41) is 0. The number of hydrogen-bond donors (Lipinski definition) is 1. The maximum absolute atomic E-state index is 13.1. The molecule has 0 bridgehead atoms. The Hall–Kier alpha value is -0.410. The van der Waals surface area contributed by atoms with Crippen molar-refractivity contribution in [3.05, 3.63) is 34.1 Å². The van der Waals surface area contributed by atoms with Gasteiger partial charge in [-0.05, 0) is 48.8 Å². The zero-order chi connectivity index (χ0) is 13.2. The number of nitrogens with two attached hydrogens (primary N) is 1. The first-order chi connectivity index (χ1) is 8.57. The molecule has 2 N–H and O–H groups in total. The third-order valence-electron chi connectivity index (χ3n) is 4.54. The Labute approximate surface area is 117 Å². The molecule has 1 aromatic rings. The van der Waals surface area contributed by atoms with Gasteiger partial charge in [-0.3, -0.25) is 0 Å². The number of halogens is 2. The van der Waals surface area contributed by atoms with Crippen molar-refractivity contribution in [2.24, 2.45) is 11.1 Å². The van der Waals surface area contributed by atoms with E-state index < -0.39 is 0 Å². The van der Waals surface area contributed by atoms with Gasteiger partial charge in [-0.1, -0.05) is 41.8 Å². The number of hydrogen-bond acceptors (Lipinski definition) is 1. The third-order valence-corrected chi connectivity index (χ3v) is 5.28. The van der Waals surface area contributed by atoms with E-state index in [0.717, 1.165) is 22.9 Å². The minimum atomic E-state index is -0.203. The molecule has 0 saturated heterocycles. The van der Waals surface area contributed by atoms with Gasteiger partial charge in [0.15, 0.2) is 0 Å². The Morgan fingerprint density at radius 3 is 2.61 bits per heavy atom. The lowest BCUT2D eigenvalue weighted by Gasteiger charge is -2.34. The molecule has 0 aromatic heterocycles. The number of rotatable bonds is 4. The van der Waals surface area contributed by atoms with E-state index in [1.54, 1.807) is 0 Å². The van der Waals surface area contributed by atoms with Gasteiger partial charge in [0.05, 0.1) is 0 Å². The summed E-state index contributed by atoms with van der Waals surface area (Å²) >= 11 is 3.43. The van der Waals surface area contributed by atoms with Crippen LogP contribution in [0.1, 0.15) is 44.6 Å². The molecule has 1 saturated carbocycles. The van der Waals surface area contributed by atoms with Gasteiger partial charge >= 0.3 is 0 Å². The predicted octanol–water partition coefficient (Wildman–Crippen LogP) is 4.43. The van der Waals surface area contributed by atoms with Crippen molar-refractivity contribution in [3.8, 4) is 0 Å². The molecule has 1 atom stereocenters. The van der Waals surface area contributed by atoms with Crippen molar-refractivity contribution in [2.75, 3.05) is 0 Å². The molecule has 1 nitrogen and oxygen atoms in total. The average Bonchev–Trinajstić information content (AvgIpc) is 2.82. The predicted molar refractivity (Wildman–Crippen MR) is 77.0 cm³/mol. The van der Waals surface area contributed by atoms with Crippen molar-refractivity contribution < 1.29 is 4.39 Å². The zero-order valence-electron chi connectivity index (χ0n) is 10.9. The minimum Gasteiger partial charge on any atom is -0.327 e. The van der Waals surface area contributed by atoms with Crippen LogP contribution in [0.2, 0.25) is 0 Å². The van der Waals surface area contributed by atoms with Crippen LogP contribution in [-0.4, -0.2) is 6.04 Å². The van der Waals surface area contributed by atoms with E-state index in [0.29, 0.717) is 5.41 Å². The van der Waals surface area contributed by atoms with Crippen LogP contribution in [0, 0.1) is 11.2 Å². The molecule has 100 valence electrons. The Balaban J connectivity index is 2.12. The molecular weight excluding hydrogens is 293 g/mol. The first kappa shape index (κ1) is 14.0. The summed E-state index contributed by atoms with van der Waals surface area (Å²) in [6, 6.07) is 5.05. The van der Waals surface area contributed by atoms with E-state index in [9.17, 15) is 4.39 Å². The fourth-order valence-electron chi connectivity index (χ4n) is 3.21. The monoisotopic (exact) mass is 313 g/mol. The molecule has 1 unspecified atom stereocenters. The topological polar surface area (TPSA) is 26.0 Å². The largest absolute Gasteiger partial charge is 0.327 e. The van der Waals surface area contributed by atoms with E-state index in [2.05, 4.69) is 22.9 Å². The van der Waals surface area contributed by atoms with Gasteiger partial charge in [0.25, 0.3) is 0 Å². The molecule has 0 amide bonds. The first-order valence-corrected chi connectivity index (χ1v) is 7.56. The highest BCUT2D eigenvalue weighted by Gasteiger charge is 2.37. The van der Waals surface area contributed by atoms with Gasteiger partial charge in [-0.2, -0.15) is 0 Å². The van der Waals surface area contributed by atoms with Crippen molar-refractivity contribution in [1.29, 1.82) is 0 Å². The van der Waals surface area contributed by atoms with Gasteiger partial charge in [-0.15, -0.1) is 0 Å². The van der Waals surface area contributed by atoms with Crippen LogP contribution in [0.5, 0.6) is 0 Å². The standard InChI is InChI=1S/C15H21BrFN/c1-2-15(7-3-4-8-15)14(18)9-11-5-6-12(17)10-13(11)16/h5-6,10,14H,2-4,7-9,18H2,1H3. The second-order valence-corrected chi connectivity index (χ2v) is 6.32. The van der Waals surface area contributed by atoms with Crippen LogP contribution in [0.3, 0.4) is 0 Å². The lowest BCUT2D eigenvalue weighted by molar-refractivity contribution is 0.218. The highest BCUT2D eigenvalue weighted by Crippen LogP contribution is 2.44. The van der Waals surface area contributed by atoms with Crippen LogP contribution in [0.25, 0.3) is 0 Å². The minimum absolute atomic E-state index is 0.173. The quantitative estimate of drug-likeness (QED) is 0.874. The molecule has 3 heteroatoms. The molecule has 0 radical (unpaired) electrons. The molecular formula is C15H21BrFN. The summed E-state index contributed by atoms with van der Waals surface area (Å²) < 4.78 is 13.9. The first-order valence-electron chi connectivity index (χ1n) is 6.77. The summed E-state index contributed by atoms with van der Waals surface area (Å²) in [7, 11) is 0. The van der Waals surface area contributed by atoms with Crippen molar-refractivity contribution >= 4 is 15.9 Å². The summed E-state index contributed by atoms with van der Waals surface area (Å²) in [5.41, 5.74) is 7.86. The van der Waals surface area contributed by atoms with Gasteiger partial charge in [0, 0.05) is 10.5 Å². The van der Waals surface area contributed by atoms with E-state index >= 15 is 0 Å². The Morgan fingerprint density at radius 2 is 2.06 bits per heavy atom. The molecule has 0 heterocycles. The van der Waals surface area contributed by atoms with Gasteiger partial charge in [0.2, 0.25) is 0 Å². The zero-order valence-corrected chi connectivity index (χ0v) is 12.5. The van der Waals surface area contributed by atoms with Crippen molar-refractivity contribution in [2.45, 2.75) is 51.5 Å². The van der Waals surface area contributed by atoms with Crippen LogP contribution in [0.4, 0.5) is 4.39 Å². The highest BCUT2D eigenvalue weighted by molar-refractivity contribution is 9.10. The highest BCUT2D eigenvalue weighted by atomic mass is 79.9. The average molecular weight is 314 g/mol. The molecule has 1 aliphatic carbocycles. The van der Waals surface area contributed by atoms with E-state index in [4.69, 9.17) is 5.73 Å². The third kappa shape index (κ3) is 2.77. The van der Waals surface area contributed by atoms with Crippen molar-refractivity contribution in [3.63, 3.8) is 0 Å². The lowest BCUT2D eigenvalue weighted by atomic mass is 9.74. The summed E-state index contributed by atoms with van der Waals surface area (Å²) in [6.07, 6.45) is 7.05. The van der Waals surface area contributed by atoms with Gasteiger partial charge in [-0.25, -0.2) is 4.39 Å². The Kier molecular flexibility index (Phi) is 4.44. The van der Waals surface area contributed by atoms with Crippen LogP contribution < -0.4 is 5.73 Å². The fourth-order valence-corrected chi connectivity index (χ4v) is 3.72. The number of benzene rings is 1. The lowest BCUT2D eigenvalue weighted by Crippen LogP contribution is -2.41. The maximum Gasteiger partial charge on any atom is 0.124 e. The van der Waals surface area contributed by atoms with Crippen LogP contribution in [0.15, 0.2) is 22.7 Å². The molecule has 18 heavy (non-hydrogen) atoms.